The maximum atomic E-state index is 2.43. The fourth-order valence-corrected chi connectivity index (χ4v) is 2.62. The number of likely N-dealkylation sites (tertiary alicyclic amines) is 1. The first-order valence-corrected chi connectivity index (χ1v) is 5.42. The molecule has 0 aliphatic carbocycles. The standard InChI is InChI=1S/C13H19N/c1-10-6-4-5-7-12(10)13-9-14(3)8-11(13)2/h4-7,11,13H,8-9H2,1-3H3. The van der Waals surface area contributed by atoms with Gasteiger partial charge in [0, 0.05) is 19.0 Å². The third kappa shape index (κ3) is 1.69. The van der Waals surface area contributed by atoms with Gasteiger partial charge in [0.2, 0.25) is 0 Å². The zero-order chi connectivity index (χ0) is 10.1. The first-order chi connectivity index (χ1) is 6.68. The highest BCUT2D eigenvalue weighted by Gasteiger charge is 2.28. The second kappa shape index (κ2) is 3.74. The van der Waals surface area contributed by atoms with Gasteiger partial charge >= 0.3 is 0 Å². The van der Waals surface area contributed by atoms with Crippen LogP contribution in [0.5, 0.6) is 0 Å². The Kier molecular flexibility index (Phi) is 2.60. The van der Waals surface area contributed by atoms with Gasteiger partial charge in [-0.1, -0.05) is 31.2 Å². The molecule has 0 amide bonds. The van der Waals surface area contributed by atoms with Crippen LogP contribution in [0, 0.1) is 12.8 Å². The lowest BCUT2D eigenvalue weighted by Gasteiger charge is -2.16. The summed E-state index contributed by atoms with van der Waals surface area (Å²) in [5, 5.41) is 0. The molecule has 2 rings (SSSR count). The van der Waals surface area contributed by atoms with Gasteiger partial charge in [0.25, 0.3) is 0 Å². The molecule has 1 fully saturated rings. The van der Waals surface area contributed by atoms with Crippen molar-refractivity contribution in [2.75, 3.05) is 20.1 Å². The minimum absolute atomic E-state index is 0.737. The minimum atomic E-state index is 0.737. The van der Waals surface area contributed by atoms with Gasteiger partial charge in [0.1, 0.15) is 0 Å². The maximum absolute atomic E-state index is 2.43. The zero-order valence-corrected chi connectivity index (χ0v) is 9.33. The van der Waals surface area contributed by atoms with Crippen molar-refractivity contribution in [2.24, 2.45) is 5.92 Å². The van der Waals surface area contributed by atoms with Crippen LogP contribution in [0.2, 0.25) is 0 Å². The van der Waals surface area contributed by atoms with Gasteiger partial charge in [-0.15, -0.1) is 0 Å². The van der Waals surface area contributed by atoms with E-state index in [9.17, 15) is 0 Å². The highest BCUT2D eigenvalue weighted by atomic mass is 15.1. The van der Waals surface area contributed by atoms with Gasteiger partial charge in [0.15, 0.2) is 0 Å². The average Bonchev–Trinajstić information content (AvgIpc) is 2.46. The molecule has 1 aliphatic heterocycles. The Morgan fingerprint density at radius 1 is 1.21 bits per heavy atom. The number of hydrogen-bond donors (Lipinski definition) is 0. The summed E-state index contributed by atoms with van der Waals surface area (Å²) in [4.78, 5) is 2.43. The third-order valence-corrected chi connectivity index (χ3v) is 3.38. The van der Waals surface area contributed by atoms with E-state index in [-0.39, 0.29) is 0 Å². The van der Waals surface area contributed by atoms with E-state index in [1.807, 2.05) is 0 Å². The van der Waals surface area contributed by atoms with E-state index in [0.29, 0.717) is 0 Å². The maximum Gasteiger partial charge on any atom is 0.00505 e. The van der Waals surface area contributed by atoms with Gasteiger partial charge < -0.3 is 4.90 Å². The Morgan fingerprint density at radius 2 is 1.93 bits per heavy atom. The molecule has 1 heterocycles. The van der Waals surface area contributed by atoms with Crippen LogP contribution in [0.4, 0.5) is 0 Å². The number of aryl methyl sites for hydroxylation is 1. The van der Waals surface area contributed by atoms with E-state index in [0.717, 1.165) is 11.8 Å². The van der Waals surface area contributed by atoms with E-state index in [2.05, 4.69) is 50.1 Å². The van der Waals surface area contributed by atoms with Crippen LogP contribution >= 0.6 is 0 Å². The summed E-state index contributed by atoms with van der Waals surface area (Å²) in [7, 11) is 2.22. The van der Waals surface area contributed by atoms with Crippen LogP contribution < -0.4 is 0 Å². The molecule has 0 saturated carbocycles. The second-order valence-corrected chi connectivity index (χ2v) is 4.66. The summed E-state index contributed by atoms with van der Waals surface area (Å²) in [5.74, 6) is 1.53. The van der Waals surface area contributed by atoms with E-state index in [1.54, 1.807) is 5.56 Å². The Balaban J connectivity index is 2.27. The van der Waals surface area contributed by atoms with Crippen LogP contribution in [0.3, 0.4) is 0 Å². The lowest BCUT2D eigenvalue weighted by atomic mass is 9.88. The van der Waals surface area contributed by atoms with Crippen molar-refractivity contribution in [1.29, 1.82) is 0 Å². The Hall–Kier alpha value is -0.820. The van der Waals surface area contributed by atoms with Crippen LogP contribution in [0.15, 0.2) is 24.3 Å². The molecule has 14 heavy (non-hydrogen) atoms. The molecule has 0 radical (unpaired) electrons. The summed E-state index contributed by atoms with van der Waals surface area (Å²) in [6.45, 7) is 7.03. The van der Waals surface area contributed by atoms with E-state index < -0.39 is 0 Å². The number of hydrogen-bond acceptors (Lipinski definition) is 1. The summed E-state index contributed by atoms with van der Waals surface area (Å²) < 4.78 is 0. The lowest BCUT2D eigenvalue weighted by molar-refractivity contribution is 0.401. The van der Waals surface area contributed by atoms with Gasteiger partial charge in [-0.3, -0.25) is 0 Å². The van der Waals surface area contributed by atoms with Crippen molar-refractivity contribution >= 4 is 0 Å². The van der Waals surface area contributed by atoms with Crippen LogP contribution in [0.25, 0.3) is 0 Å². The molecule has 0 aromatic heterocycles. The predicted molar refractivity (Wildman–Crippen MR) is 60.6 cm³/mol. The Bertz CT molecular complexity index is 319. The van der Waals surface area contributed by atoms with Crippen molar-refractivity contribution in [3.8, 4) is 0 Å². The fraction of sp³-hybridized carbons (Fsp3) is 0.538. The SMILES string of the molecule is Cc1ccccc1C1CN(C)CC1C. The number of rotatable bonds is 1. The summed E-state index contributed by atoms with van der Waals surface area (Å²) in [6, 6.07) is 8.80. The first-order valence-electron chi connectivity index (χ1n) is 5.42. The number of benzene rings is 1. The van der Waals surface area contributed by atoms with Crippen molar-refractivity contribution in [2.45, 2.75) is 19.8 Å². The molecule has 1 aromatic carbocycles. The molecule has 1 heteroatoms. The Morgan fingerprint density at radius 3 is 2.50 bits per heavy atom. The summed E-state index contributed by atoms with van der Waals surface area (Å²) in [6.07, 6.45) is 0. The van der Waals surface area contributed by atoms with Crippen LogP contribution in [0.1, 0.15) is 24.0 Å². The molecule has 2 atom stereocenters. The Labute approximate surface area is 86.7 Å². The van der Waals surface area contributed by atoms with Crippen molar-refractivity contribution in [1.82, 2.24) is 4.90 Å². The highest BCUT2D eigenvalue weighted by Crippen LogP contribution is 2.32. The van der Waals surface area contributed by atoms with Gasteiger partial charge in [0.05, 0.1) is 0 Å². The first kappa shape index (κ1) is 9.72. The van der Waals surface area contributed by atoms with Crippen LogP contribution in [-0.4, -0.2) is 25.0 Å². The average molecular weight is 189 g/mol. The normalized spacial score (nSPS) is 28.2. The van der Waals surface area contributed by atoms with Gasteiger partial charge in [-0.25, -0.2) is 0 Å². The molecule has 1 aromatic rings. The van der Waals surface area contributed by atoms with Crippen molar-refractivity contribution in [3.05, 3.63) is 35.4 Å². The van der Waals surface area contributed by atoms with Gasteiger partial charge in [-0.05, 0) is 31.0 Å². The van der Waals surface area contributed by atoms with Crippen molar-refractivity contribution < 1.29 is 0 Å². The molecular weight excluding hydrogens is 170 g/mol. The van der Waals surface area contributed by atoms with Crippen LogP contribution in [-0.2, 0) is 0 Å². The van der Waals surface area contributed by atoms with Gasteiger partial charge in [-0.2, -0.15) is 0 Å². The molecule has 1 saturated heterocycles. The largest absolute Gasteiger partial charge is 0.305 e. The second-order valence-electron chi connectivity index (χ2n) is 4.66. The quantitative estimate of drug-likeness (QED) is 0.656. The molecule has 0 spiro atoms. The fourth-order valence-electron chi connectivity index (χ4n) is 2.62. The van der Waals surface area contributed by atoms with E-state index in [4.69, 9.17) is 0 Å². The monoisotopic (exact) mass is 189 g/mol. The molecule has 76 valence electrons. The summed E-state index contributed by atoms with van der Waals surface area (Å²) >= 11 is 0. The predicted octanol–water partition coefficient (Wildman–Crippen LogP) is 2.66. The lowest BCUT2D eigenvalue weighted by Crippen LogP contribution is -2.13. The van der Waals surface area contributed by atoms with E-state index >= 15 is 0 Å². The molecule has 0 bridgehead atoms. The highest BCUT2D eigenvalue weighted by molar-refractivity contribution is 5.30. The summed E-state index contributed by atoms with van der Waals surface area (Å²) in [5.41, 5.74) is 2.99. The smallest absolute Gasteiger partial charge is 0.00505 e. The number of nitrogens with zero attached hydrogens (tertiary/aromatic N) is 1. The third-order valence-electron chi connectivity index (χ3n) is 3.38. The van der Waals surface area contributed by atoms with Crippen molar-refractivity contribution in [3.63, 3.8) is 0 Å². The minimum Gasteiger partial charge on any atom is -0.305 e. The molecule has 2 unspecified atom stereocenters. The van der Waals surface area contributed by atoms with E-state index in [1.165, 1.54) is 18.7 Å². The molecule has 1 nitrogen and oxygen atoms in total. The molecule has 1 aliphatic rings. The number of likely N-dealkylation sites (N-methyl/N-ethyl adjacent to an activating group) is 1. The molecule has 0 N–H and O–H groups in total. The topological polar surface area (TPSA) is 3.24 Å². The zero-order valence-electron chi connectivity index (χ0n) is 9.33. The molecular formula is C13H19N.